The van der Waals surface area contributed by atoms with E-state index in [2.05, 4.69) is 40.1 Å². The highest BCUT2D eigenvalue weighted by Crippen LogP contribution is 2.24. The summed E-state index contributed by atoms with van der Waals surface area (Å²) in [4.78, 5) is 27.2. The number of imidazole rings is 1. The van der Waals surface area contributed by atoms with Crippen LogP contribution in [0.4, 0.5) is 5.82 Å². The van der Waals surface area contributed by atoms with Gasteiger partial charge in [0.2, 0.25) is 0 Å². The van der Waals surface area contributed by atoms with Crippen molar-refractivity contribution in [3.8, 4) is 0 Å². The van der Waals surface area contributed by atoms with E-state index in [0.717, 1.165) is 23.7 Å². The van der Waals surface area contributed by atoms with Crippen molar-refractivity contribution in [1.82, 2.24) is 34.8 Å². The number of aromatic nitrogens is 6. The molecule has 3 aromatic heterocycles. The Balaban J connectivity index is 1.55. The second-order valence-corrected chi connectivity index (χ2v) is 5.54. The Bertz CT molecular complexity index is 821. The summed E-state index contributed by atoms with van der Waals surface area (Å²) in [6.45, 7) is 2.83. The lowest BCUT2D eigenvalue weighted by molar-refractivity contribution is -0.0377. The van der Waals surface area contributed by atoms with Gasteiger partial charge in [-0.1, -0.05) is 0 Å². The first kappa shape index (κ1) is 14.9. The lowest BCUT2D eigenvalue weighted by Crippen LogP contribution is -2.38. The molecule has 1 fully saturated rings. The van der Waals surface area contributed by atoms with Crippen molar-refractivity contribution in [3.63, 3.8) is 0 Å². The quantitative estimate of drug-likeness (QED) is 0.724. The fourth-order valence-corrected chi connectivity index (χ4v) is 2.79. The first-order valence-electron chi connectivity index (χ1n) is 7.82. The molecule has 3 aromatic rings. The van der Waals surface area contributed by atoms with Crippen LogP contribution >= 0.6 is 0 Å². The summed E-state index contributed by atoms with van der Waals surface area (Å²) in [5, 5.41) is 3.08. The molecule has 1 unspecified atom stereocenters. The average molecular weight is 326 g/mol. The molecule has 0 saturated carbocycles. The summed E-state index contributed by atoms with van der Waals surface area (Å²) in [7, 11) is 1.83. The van der Waals surface area contributed by atoms with E-state index in [1.165, 1.54) is 0 Å². The average Bonchev–Trinajstić information content (AvgIpc) is 3.10. The number of aromatic amines is 1. The van der Waals surface area contributed by atoms with Crippen molar-refractivity contribution in [3.05, 3.63) is 36.4 Å². The topological polar surface area (TPSA) is 105 Å². The molecule has 9 heteroatoms. The lowest BCUT2D eigenvalue weighted by Gasteiger charge is -2.31. The monoisotopic (exact) mass is 326 g/mol. The van der Waals surface area contributed by atoms with Gasteiger partial charge < -0.3 is 15.0 Å². The standard InChI is InChI=1S/C15H18N8O/c1-16-14-12-15(20-9-19-12)22-13(21-14)10-7-23(5-6-24-10)8-11-17-3-2-4-18-11/h2-4,9-10H,5-8H2,1H3,(H2,16,19,20,21,22). The van der Waals surface area contributed by atoms with E-state index in [0.29, 0.717) is 31.2 Å². The van der Waals surface area contributed by atoms with Crippen LogP contribution in [0.1, 0.15) is 17.8 Å². The van der Waals surface area contributed by atoms with E-state index in [1.54, 1.807) is 18.7 Å². The first-order valence-corrected chi connectivity index (χ1v) is 7.82. The van der Waals surface area contributed by atoms with Crippen molar-refractivity contribution < 1.29 is 4.74 Å². The van der Waals surface area contributed by atoms with Crippen LogP contribution in [-0.2, 0) is 11.3 Å². The number of nitrogens with one attached hydrogen (secondary N) is 2. The molecule has 24 heavy (non-hydrogen) atoms. The van der Waals surface area contributed by atoms with E-state index in [9.17, 15) is 0 Å². The predicted octanol–water partition coefficient (Wildman–Crippen LogP) is 0.758. The third kappa shape index (κ3) is 2.91. The number of morpholine rings is 1. The Morgan fingerprint density at radius 2 is 2.17 bits per heavy atom. The van der Waals surface area contributed by atoms with E-state index in [-0.39, 0.29) is 6.10 Å². The Morgan fingerprint density at radius 3 is 3.00 bits per heavy atom. The maximum atomic E-state index is 5.88. The molecule has 124 valence electrons. The Hall–Kier alpha value is -2.65. The molecule has 4 rings (SSSR count). The number of rotatable bonds is 4. The van der Waals surface area contributed by atoms with Crippen LogP contribution in [0.15, 0.2) is 24.8 Å². The molecule has 0 amide bonds. The number of anilines is 1. The fourth-order valence-electron chi connectivity index (χ4n) is 2.79. The van der Waals surface area contributed by atoms with Crippen LogP contribution in [0.25, 0.3) is 11.2 Å². The highest BCUT2D eigenvalue weighted by molar-refractivity contribution is 5.82. The van der Waals surface area contributed by atoms with Gasteiger partial charge in [-0.2, -0.15) is 0 Å². The van der Waals surface area contributed by atoms with Crippen molar-refractivity contribution >= 4 is 17.0 Å². The Labute approximate surface area is 138 Å². The van der Waals surface area contributed by atoms with Crippen LogP contribution < -0.4 is 5.32 Å². The molecule has 4 heterocycles. The van der Waals surface area contributed by atoms with Crippen LogP contribution in [-0.4, -0.2) is 61.5 Å². The number of hydrogen-bond acceptors (Lipinski definition) is 8. The molecule has 2 N–H and O–H groups in total. The van der Waals surface area contributed by atoms with Crippen LogP contribution in [0, 0.1) is 0 Å². The Kier molecular flexibility index (Phi) is 4.01. The number of H-pyrrole nitrogens is 1. The summed E-state index contributed by atoms with van der Waals surface area (Å²) in [5.74, 6) is 2.16. The van der Waals surface area contributed by atoms with Crippen molar-refractivity contribution in [1.29, 1.82) is 0 Å². The minimum atomic E-state index is -0.198. The zero-order valence-electron chi connectivity index (χ0n) is 13.3. The number of hydrogen-bond donors (Lipinski definition) is 2. The second-order valence-electron chi connectivity index (χ2n) is 5.54. The van der Waals surface area contributed by atoms with Crippen molar-refractivity contribution in [2.45, 2.75) is 12.6 Å². The summed E-state index contributed by atoms with van der Waals surface area (Å²) < 4.78 is 5.88. The van der Waals surface area contributed by atoms with Gasteiger partial charge in [0.25, 0.3) is 0 Å². The summed E-state index contributed by atoms with van der Waals surface area (Å²) in [6.07, 6.45) is 4.93. The molecule has 1 aliphatic heterocycles. The van der Waals surface area contributed by atoms with Gasteiger partial charge in [-0.25, -0.2) is 24.9 Å². The maximum Gasteiger partial charge on any atom is 0.183 e. The largest absolute Gasteiger partial charge is 0.371 e. The zero-order valence-corrected chi connectivity index (χ0v) is 13.3. The third-order valence-corrected chi connectivity index (χ3v) is 3.96. The van der Waals surface area contributed by atoms with Gasteiger partial charge in [0.05, 0.1) is 19.5 Å². The van der Waals surface area contributed by atoms with Gasteiger partial charge in [0, 0.05) is 32.5 Å². The number of ether oxygens (including phenoxy) is 1. The first-order chi connectivity index (χ1) is 11.8. The van der Waals surface area contributed by atoms with Gasteiger partial charge in [-0.15, -0.1) is 0 Å². The SMILES string of the molecule is CNc1nc(C2CN(Cc3ncccn3)CCO2)nc2nc[nH]c12. The normalized spacial score (nSPS) is 18.8. The summed E-state index contributed by atoms with van der Waals surface area (Å²) >= 11 is 0. The number of fused-ring (bicyclic) bond motifs is 1. The molecule has 0 radical (unpaired) electrons. The van der Waals surface area contributed by atoms with Gasteiger partial charge in [-0.3, -0.25) is 4.90 Å². The third-order valence-electron chi connectivity index (χ3n) is 3.96. The molecule has 1 aliphatic rings. The molecule has 1 atom stereocenters. The summed E-state index contributed by atoms with van der Waals surface area (Å²) in [5.41, 5.74) is 1.43. The highest BCUT2D eigenvalue weighted by Gasteiger charge is 2.26. The minimum absolute atomic E-state index is 0.198. The molecule has 0 aromatic carbocycles. The van der Waals surface area contributed by atoms with E-state index < -0.39 is 0 Å². The van der Waals surface area contributed by atoms with E-state index in [4.69, 9.17) is 4.74 Å². The molecule has 9 nitrogen and oxygen atoms in total. The van der Waals surface area contributed by atoms with Crippen LogP contribution in [0.2, 0.25) is 0 Å². The predicted molar refractivity (Wildman–Crippen MR) is 87.2 cm³/mol. The number of nitrogens with zero attached hydrogens (tertiary/aromatic N) is 6. The van der Waals surface area contributed by atoms with E-state index >= 15 is 0 Å². The smallest absolute Gasteiger partial charge is 0.183 e. The summed E-state index contributed by atoms with van der Waals surface area (Å²) in [6, 6.07) is 1.82. The second kappa shape index (κ2) is 6.46. The molecule has 0 spiro atoms. The fraction of sp³-hybridized carbons (Fsp3) is 0.400. The van der Waals surface area contributed by atoms with Gasteiger partial charge >= 0.3 is 0 Å². The zero-order chi connectivity index (χ0) is 16.4. The van der Waals surface area contributed by atoms with Crippen LogP contribution in [0.3, 0.4) is 0 Å². The van der Waals surface area contributed by atoms with Crippen LogP contribution in [0.5, 0.6) is 0 Å². The molecular weight excluding hydrogens is 308 g/mol. The molecule has 0 bridgehead atoms. The van der Waals surface area contributed by atoms with Crippen molar-refractivity contribution in [2.75, 3.05) is 32.1 Å². The van der Waals surface area contributed by atoms with E-state index in [1.807, 2.05) is 13.1 Å². The molecule has 0 aliphatic carbocycles. The molecular formula is C15H18N8O. The van der Waals surface area contributed by atoms with Crippen molar-refractivity contribution in [2.24, 2.45) is 0 Å². The minimum Gasteiger partial charge on any atom is -0.371 e. The van der Waals surface area contributed by atoms with Gasteiger partial charge in [-0.05, 0) is 6.07 Å². The maximum absolute atomic E-state index is 5.88. The molecule has 1 saturated heterocycles. The van der Waals surface area contributed by atoms with Gasteiger partial charge in [0.15, 0.2) is 17.3 Å². The van der Waals surface area contributed by atoms with Gasteiger partial charge in [0.1, 0.15) is 17.4 Å². The Morgan fingerprint density at radius 1 is 1.29 bits per heavy atom. The lowest BCUT2D eigenvalue weighted by atomic mass is 10.2. The highest BCUT2D eigenvalue weighted by atomic mass is 16.5.